The summed E-state index contributed by atoms with van der Waals surface area (Å²) >= 11 is 0. The third-order valence-corrected chi connectivity index (χ3v) is 1.10. The number of hydrogen-bond donors (Lipinski definition) is 1. The molecule has 1 heterocycles. The van der Waals surface area contributed by atoms with Gasteiger partial charge in [-0.25, -0.2) is 0 Å². The molecule has 3 heteroatoms. The molecule has 0 aromatic carbocycles. The van der Waals surface area contributed by atoms with Crippen LogP contribution < -0.4 is 0 Å². The van der Waals surface area contributed by atoms with Crippen molar-refractivity contribution < 1.29 is 5.11 Å². The Bertz CT molecular complexity index is 246. The van der Waals surface area contributed by atoms with E-state index in [9.17, 15) is 0 Å². The molecule has 52 valence electrons. The number of rotatable bonds is 2. The third-order valence-electron chi connectivity index (χ3n) is 1.10. The fraction of sp³-hybridized carbons (Fsp3) is 0.286. The summed E-state index contributed by atoms with van der Waals surface area (Å²) in [6, 6.07) is 0. The van der Waals surface area contributed by atoms with Crippen molar-refractivity contribution in [2.45, 2.75) is 13.0 Å². The number of nitrogens with zero attached hydrogens (tertiary/aromatic N) is 2. The Morgan fingerprint density at radius 3 is 3.10 bits per heavy atom. The number of aromatic nitrogens is 2. The summed E-state index contributed by atoms with van der Waals surface area (Å²) in [6.07, 6.45) is 8.59. The maximum Gasteiger partial charge on any atom is 0.153 e. The first-order valence-electron chi connectivity index (χ1n) is 2.98. The Balaban J connectivity index is 2.52. The van der Waals surface area contributed by atoms with Gasteiger partial charge >= 0.3 is 0 Å². The second-order valence-electron chi connectivity index (χ2n) is 1.92. The van der Waals surface area contributed by atoms with Gasteiger partial charge in [-0.2, -0.15) is 5.10 Å². The number of hydrogen-bond acceptors (Lipinski definition) is 2. The molecular formula is C7H8N2O. The fourth-order valence-corrected chi connectivity index (χ4v) is 0.654. The van der Waals surface area contributed by atoms with Crippen molar-refractivity contribution in [1.29, 1.82) is 0 Å². The topological polar surface area (TPSA) is 38.0 Å². The highest BCUT2D eigenvalue weighted by molar-refractivity contribution is 5.08. The Labute approximate surface area is 59.3 Å². The smallest absolute Gasteiger partial charge is 0.153 e. The number of aromatic hydroxyl groups is 1. The van der Waals surface area contributed by atoms with Crippen LogP contribution in [0.4, 0.5) is 0 Å². The van der Waals surface area contributed by atoms with Crippen LogP contribution in [0.15, 0.2) is 12.4 Å². The minimum absolute atomic E-state index is 0.178. The molecule has 1 aromatic rings. The van der Waals surface area contributed by atoms with Crippen molar-refractivity contribution in [2.24, 2.45) is 0 Å². The molecule has 10 heavy (non-hydrogen) atoms. The number of terminal acetylenes is 1. The normalized spacial score (nSPS) is 9.10. The van der Waals surface area contributed by atoms with Gasteiger partial charge in [-0.1, -0.05) is 0 Å². The molecule has 0 amide bonds. The summed E-state index contributed by atoms with van der Waals surface area (Å²) in [5, 5.41) is 12.6. The van der Waals surface area contributed by atoms with Crippen molar-refractivity contribution in [3.05, 3.63) is 12.4 Å². The predicted octanol–water partition coefficient (Wildman–Crippen LogP) is 0.612. The first kappa shape index (κ1) is 6.69. The molecule has 0 radical (unpaired) electrons. The average molecular weight is 136 g/mol. The van der Waals surface area contributed by atoms with Gasteiger partial charge in [-0.05, 0) is 0 Å². The molecule has 0 atom stereocenters. The van der Waals surface area contributed by atoms with Crippen LogP contribution in [0.2, 0.25) is 0 Å². The first-order valence-corrected chi connectivity index (χ1v) is 2.98. The van der Waals surface area contributed by atoms with E-state index in [0.29, 0.717) is 13.0 Å². The fourth-order valence-electron chi connectivity index (χ4n) is 0.654. The molecule has 0 saturated heterocycles. The molecule has 1 aromatic heterocycles. The van der Waals surface area contributed by atoms with Crippen LogP contribution in [0.1, 0.15) is 6.42 Å². The standard InChI is InChI=1S/C7H8N2O/c1-2-3-4-9-6-7(10)5-8-9/h1,5-6,10H,3-4H2. The van der Waals surface area contributed by atoms with Crippen LogP contribution in [-0.4, -0.2) is 14.9 Å². The van der Waals surface area contributed by atoms with Gasteiger partial charge in [0.15, 0.2) is 5.75 Å². The molecule has 0 bridgehead atoms. The Hall–Kier alpha value is -1.43. The van der Waals surface area contributed by atoms with E-state index in [1.165, 1.54) is 12.4 Å². The van der Waals surface area contributed by atoms with E-state index >= 15 is 0 Å². The molecule has 1 N–H and O–H groups in total. The van der Waals surface area contributed by atoms with Gasteiger partial charge in [0.25, 0.3) is 0 Å². The highest BCUT2D eigenvalue weighted by Crippen LogP contribution is 2.03. The van der Waals surface area contributed by atoms with Crippen molar-refractivity contribution in [3.63, 3.8) is 0 Å². The van der Waals surface area contributed by atoms with Gasteiger partial charge in [-0.15, -0.1) is 12.3 Å². The van der Waals surface area contributed by atoms with Crippen molar-refractivity contribution in [2.75, 3.05) is 0 Å². The van der Waals surface area contributed by atoms with Crippen LogP contribution >= 0.6 is 0 Å². The Kier molecular flexibility index (Phi) is 1.96. The van der Waals surface area contributed by atoms with Crippen LogP contribution in [0.3, 0.4) is 0 Å². The maximum atomic E-state index is 8.82. The van der Waals surface area contributed by atoms with E-state index < -0.39 is 0 Å². The summed E-state index contributed by atoms with van der Waals surface area (Å²) in [4.78, 5) is 0. The largest absolute Gasteiger partial charge is 0.505 e. The van der Waals surface area contributed by atoms with Gasteiger partial charge in [0.05, 0.1) is 18.9 Å². The van der Waals surface area contributed by atoms with Crippen molar-refractivity contribution in [1.82, 2.24) is 9.78 Å². The van der Waals surface area contributed by atoms with Gasteiger partial charge in [-0.3, -0.25) is 4.68 Å². The van der Waals surface area contributed by atoms with Crippen LogP contribution in [0, 0.1) is 12.3 Å². The zero-order valence-electron chi connectivity index (χ0n) is 5.49. The molecule has 0 unspecified atom stereocenters. The first-order chi connectivity index (χ1) is 4.83. The highest BCUT2D eigenvalue weighted by Gasteiger charge is 1.92. The summed E-state index contributed by atoms with van der Waals surface area (Å²) in [6.45, 7) is 0.664. The van der Waals surface area contributed by atoms with E-state index in [4.69, 9.17) is 11.5 Å². The van der Waals surface area contributed by atoms with Crippen molar-refractivity contribution in [3.8, 4) is 18.1 Å². The second-order valence-corrected chi connectivity index (χ2v) is 1.92. The zero-order chi connectivity index (χ0) is 7.40. The third kappa shape index (κ3) is 1.52. The van der Waals surface area contributed by atoms with E-state index in [1.807, 2.05) is 0 Å². The lowest BCUT2D eigenvalue weighted by Gasteiger charge is -1.92. The van der Waals surface area contributed by atoms with Gasteiger partial charge in [0.2, 0.25) is 0 Å². The highest BCUT2D eigenvalue weighted by atomic mass is 16.3. The molecule has 0 saturated carbocycles. The SMILES string of the molecule is C#CCCn1cc(O)cn1. The Morgan fingerprint density at radius 1 is 1.80 bits per heavy atom. The second kappa shape index (κ2) is 2.92. The minimum Gasteiger partial charge on any atom is -0.505 e. The van der Waals surface area contributed by atoms with Gasteiger partial charge < -0.3 is 5.11 Å². The summed E-state index contributed by atoms with van der Waals surface area (Å²) in [5.74, 6) is 2.66. The summed E-state index contributed by atoms with van der Waals surface area (Å²) in [7, 11) is 0. The molecule has 3 nitrogen and oxygen atoms in total. The Morgan fingerprint density at radius 2 is 2.60 bits per heavy atom. The lowest BCUT2D eigenvalue weighted by atomic mass is 10.4. The van der Waals surface area contributed by atoms with E-state index in [0.717, 1.165) is 0 Å². The summed E-state index contributed by atoms with van der Waals surface area (Å²) < 4.78 is 1.61. The molecule has 0 aliphatic rings. The van der Waals surface area contributed by atoms with Crippen LogP contribution in [-0.2, 0) is 6.54 Å². The lowest BCUT2D eigenvalue weighted by Crippen LogP contribution is -1.95. The van der Waals surface area contributed by atoms with E-state index in [1.54, 1.807) is 4.68 Å². The average Bonchev–Trinajstić information content (AvgIpc) is 2.31. The molecule has 0 fully saturated rings. The minimum atomic E-state index is 0.178. The quantitative estimate of drug-likeness (QED) is 0.605. The molecule has 1 rings (SSSR count). The lowest BCUT2D eigenvalue weighted by molar-refractivity contribution is 0.473. The van der Waals surface area contributed by atoms with Crippen LogP contribution in [0.5, 0.6) is 5.75 Å². The van der Waals surface area contributed by atoms with E-state index in [2.05, 4.69) is 11.0 Å². The summed E-state index contributed by atoms with van der Waals surface area (Å²) in [5.41, 5.74) is 0. The monoisotopic (exact) mass is 136 g/mol. The molecule has 0 spiro atoms. The van der Waals surface area contributed by atoms with Gasteiger partial charge in [0, 0.05) is 6.42 Å². The molecular weight excluding hydrogens is 128 g/mol. The van der Waals surface area contributed by atoms with Crippen molar-refractivity contribution >= 4 is 0 Å². The van der Waals surface area contributed by atoms with Crippen LogP contribution in [0.25, 0.3) is 0 Å². The molecule has 0 aliphatic heterocycles. The van der Waals surface area contributed by atoms with Gasteiger partial charge in [0.1, 0.15) is 0 Å². The molecule has 0 aliphatic carbocycles. The van der Waals surface area contributed by atoms with E-state index in [-0.39, 0.29) is 5.75 Å². The maximum absolute atomic E-state index is 8.82. The predicted molar refractivity (Wildman–Crippen MR) is 37.3 cm³/mol. The zero-order valence-corrected chi connectivity index (χ0v) is 5.49. The number of aryl methyl sites for hydroxylation is 1.